The fourth-order valence-corrected chi connectivity index (χ4v) is 3.99. The predicted molar refractivity (Wildman–Crippen MR) is 143 cm³/mol. The molecule has 0 bridgehead atoms. The molecule has 1 atom stereocenters. The van der Waals surface area contributed by atoms with Crippen LogP contribution >= 0.6 is 39.1 Å². The average Bonchev–Trinajstić information content (AvgIpc) is 2.85. The molecule has 0 spiro atoms. The number of nitriles is 1. The zero-order valence-electron chi connectivity index (χ0n) is 19.1. The van der Waals surface area contributed by atoms with E-state index in [1.54, 1.807) is 24.3 Å². The van der Waals surface area contributed by atoms with E-state index >= 15 is 0 Å². The number of ether oxygens (including phenoxy) is 2. The van der Waals surface area contributed by atoms with E-state index in [4.69, 9.17) is 32.7 Å². The summed E-state index contributed by atoms with van der Waals surface area (Å²) in [4.78, 5) is 12.8. The van der Waals surface area contributed by atoms with Crippen LogP contribution in [0.1, 0.15) is 36.6 Å². The van der Waals surface area contributed by atoms with Crippen molar-refractivity contribution in [3.8, 4) is 17.6 Å². The van der Waals surface area contributed by atoms with Crippen molar-refractivity contribution in [1.29, 1.82) is 5.26 Å². The van der Waals surface area contributed by atoms with E-state index in [9.17, 15) is 10.1 Å². The molecular formula is C27H23BrCl2N2O3. The van der Waals surface area contributed by atoms with Gasteiger partial charge in [-0.1, -0.05) is 75.5 Å². The van der Waals surface area contributed by atoms with E-state index in [0.717, 1.165) is 11.1 Å². The third-order valence-corrected chi connectivity index (χ3v) is 6.48. The Balaban J connectivity index is 1.82. The van der Waals surface area contributed by atoms with Crippen molar-refractivity contribution in [3.05, 3.63) is 97.4 Å². The molecule has 0 fully saturated rings. The second kappa shape index (κ2) is 12.6. The van der Waals surface area contributed by atoms with Crippen LogP contribution in [0.3, 0.4) is 0 Å². The third-order valence-electron chi connectivity index (χ3n) is 5.05. The van der Waals surface area contributed by atoms with Gasteiger partial charge in [-0.3, -0.25) is 4.79 Å². The van der Waals surface area contributed by atoms with E-state index in [0.29, 0.717) is 38.2 Å². The lowest BCUT2D eigenvalue weighted by atomic mass is 10.1. The summed E-state index contributed by atoms with van der Waals surface area (Å²) in [5.41, 5.74) is 2.37. The first-order chi connectivity index (χ1) is 16.8. The van der Waals surface area contributed by atoms with E-state index in [2.05, 4.69) is 21.2 Å². The molecule has 0 saturated heterocycles. The van der Waals surface area contributed by atoms with Crippen LogP contribution in [0.2, 0.25) is 10.0 Å². The second-order valence-corrected chi connectivity index (χ2v) is 9.23. The topological polar surface area (TPSA) is 71.3 Å². The third kappa shape index (κ3) is 7.25. The summed E-state index contributed by atoms with van der Waals surface area (Å²) in [7, 11) is 0. The summed E-state index contributed by atoms with van der Waals surface area (Å²) in [5, 5.41) is 13.4. The van der Waals surface area contributed by atoms with E-state index in [-0.39, 0.29) is 18.2 Å². The molecule has 0 unspecified atom stereocenters. The van der Waals surface area contributed by atoms with Crippen LogP contribution in [0.15, 0.2) is 70.7 Å². The highest BCUT2D eigenvalue weighted by Gasteiger charge is 2.16. The highest BCUT2D eigenvalue weighted by molar-refractivity contribution is 9.10. The van der Waals surface area contributed by atoms with Gasteiger partial charge in [-0.05, 0) is 60.9 Å². The highest BCUT2D eigenvalue weighted by Crippen LogP contribution is 2.36. The fourth-order valence-electron chi connectivity index (χ4n) is 3.24. The van der Waals surface area contributed by atoms with Crippen LogP contribution in [0.5, 0.6) is 11.5 Å². The molecule has 3 aromatic rings. The lowest BCUT2D eigenvalue weighted by molar-refractivity contribution is -0.117. The first kappa shape index (κ1) is 26.6. The second-order valence-electron chi connectivity index (χ2n) is 7.57. The van der Waals surface area contributed by atoms with Gasteiger partial charge in [-0.15, -0.1) is 0 Å². The van der Waals surface area contributed by atoms with Gasteiger partial charge in [0.15, 0.2) is 11.5 Å². The van der Waals surface area contributed by atoms with Crippen LogP contribution in [0.25, 0.3) is 6.08 Å². The van der Waals surface area contributed by atoms with Gasteiger partial charge in [0.1, 0.15) is 18.2 Å². The molecule has 0 heterocycles. The SMILES string of the molecule is CCOc1cc(/C=C(/C#N)C(=O)N[C@@H](C)c2ccccc2)c(Br)cc1OCc1ccc(Cl)c(Cl)c1. The number of nitrogens with one attached hydrogen (secondary N) is 1. The Morgan fingerprint density at radius 3 is 2.46 bits per heavy atom. The lowest BCUT2D eigenvalue weighted by Crippen LogP contribution is -2.27. The van der Waals surface area contributed by atoms with Crippen molar-refractivity contribution in [3.63, 3.8) is 0 Å². The van der Waals surface area contributed by atoms with E-state index in [1.165, 1.54) is 6.08 Å². The number of rotatable bonds is 9. The Bertz CT molecular complexity index is 1270. The Labute approximate surface area is 223 Å². The molecule has 0 aromatic heterocycles. The molecule has 3 aromatic carbocycles. The Morgan fingerprint density at radius 1 is 1.09 bits per heavy atom. The normalized spacial score (nSPS) is 11.9. The number of benzene rings is 3. The average molecular weight is 574 g/mol. The zero-order valence-corrected chi connectivity index (χ0v) is 22.2. The molecule has 1 amide bonds. The summed E-state index contributed by atoms with van der Waals surface area (Å²) < 4.78 is 12.4. The minimum Gasteiger partial charge on any atom is -0.490 e. The minimum atomic E-state index is -0.464. The molecule has 180 valence electrons. The van der Waals surface area contributed by atoms with Gasteiger partial charge in [0.2, 0.25) is 0 Å². The maximum atomic E-state index is 12.8. The van der Waals surface area contributed by atoms with Crippen LogP contribution in [0, 0.1) is 11.3 Å². The van der Waals surface area contributed by atoms with Gasteiger partial charge >= 0.3 is 0 Å². The van der Waals surface area contributed by atoms with Crippen LogP contribution in [-0.2, 0) is 11.4 Å². The monoisotopic (exact) mass is 572 g/mol. The minimum absolute atomic E-state index is 0.0274. The molecule has 0 aliphatic carbocycles. The van der Waals surface area contributed by atoms with Crippen molar-refractivity contribution >= 4 is 51.1 Å². The molecule has 0 saturated carbocycles. The number of carbonyl (C=O) groups is 1. The Kier molecular flexibility index (Phi) is 9.62. The standard InChI is InChI=1S/C27H23BrCl2N2O3/c1-3-34-25-13-20(12-21(15-31)27(33)32-17(2)19-7-5-4-6-8-19)22(28)14-26(25)35-16-18-9-10-23(29)24(30)11-18/h4-14,17H,3,16H2,1-2H3,(H,32,33)/b21-12-/t17-/m0/s1. The molecule has 1 N–H and O–H groups in total. The maximum Gasteiger partial charge on any atom is 0.262 e. The number of carbonyl (C=O) groups excluding carboxylic acids is 1. The number of hydrogen-bond acceptors (Lipinski definition) is 4. The highest BCUT2D eigenvalue weighted by atomic mass is 79.9. The summed E-state index contributed by atoms with van der Waals surface area (Å²) >= 11 is 15.6. The smallest absolute Gasteiger partial charge is 0.262 e. The van der Waals surface area contributed by atoms with Gasteiger partial charge in [-0.2, -0.15) is 5.26 Å². The summed E-state index contributed by atoms with van der Waals surface area (Å²) in [6, 6.07) is 20.0. The molecule has 5 nitrogen and oxygen atoms in total. The summed E-state index contributed by atoms with van der Waals surface area (Å²) in [6.45, 7) is 4.39. The molecular weight excluding hydrogens is 551 g/mol. The Hall–Kier alpha value is -2.98. The number of halogens is 3. The molecule has 8 heteroatoms. The maximum absolute atomic E-state index is 12.8. The van der Waals surface area contributed by atoms with E-state index in [1.807, 2.05) is 56.3 Å². The van der Waals surface area contributed by atoms with Gasteiger partial charge in [0, 0.05) is 4.47 Å². The first-order valence-corrected chi connectivity index (χ1v) is 12.4. The van der Waals surface area contributed by atoms with Crippen LogP contribution in [-0.4, -0.2) is 12.5 Å². The molecule has 35 heavy (non-hydrogen) atoms. The summed E-state index contributed by atoms with van der Waals surface area (Å²) in [5.74, 6) is 0.522. The van der Waals surface area contributed by atoms with Crippen molar-refractivity contribution in [2.75, 3.05) is 6.61 Å². The van der Waals surface area contributed by atoms with Crippen LogP contribution < -0.4 is 14.8 Å². The molecule has 0 aliphatic rings. The van der Waals surface area contributed by atoms with E-state index < -0.39 is 5.91 Å². The predicted octanol–water partition coefficient (Wildman–Crippen LogP) is 7.52. The Morgan fingerprint density at radius 2 is 1.80 bits per heavy atom. The number of hydrogen-bond donors (Lipinski definition) is 1. The number of amides is 1. The van der Waals surface area contributed by atoms with Crippen molar-refractivity contribution in [2.45, 2.75) is 26.5 Å². The van der Waals surface area contributed by atoms with Crippen molar-refractivity contribution < 1.29 is 14.3 Å². The van der Waals surface area contributed by atoms with Crippen molar-refractivity contribution in [2.24, 2.45) is 0 Å². The van der Waals surface area contributed by atoms with Crippen molar-refractivity contribution in [1.82, 2.24) is 5.32 Å². The van der Waals surface area contributed by atoms with Crippen LogP contribution in [0.4, 0.5) is 0 Å². The first-order valence-electron chi connectivity index (χ1n) is 10.8. The van der Waals surface area contributed by atoms with Gasteiger partial charge in [0.25, 0.3) is 5.91 Å². The largest absolute Gasteiger partial charge is 0.490 e. The lowest BCUT2D eigenvalue weighted by Gasteiger charge is -2.15. The van der Waals surface area contributed by atoms with Gasteiger partial charge < -0.3 is 14.8 Å². The quantitative estimate of drug-likeness (QED) is 0.212. The molecule has 3 rings (SSSR count). The van der Waals surface area contributed by atoms with Gasteiger partial charge in [0.05, 0.1) is 22.7 Å². The number of nitrogens with zero attached hydrogens (tertiary/aromatic N) is 1. The zero-order chi connectivity index (χ0) is 25.4. The van der Waals surface area contributed by atoms with Gasteiger partial charge in [-0.25, -0.2) is 0 Å². The molecule has 0 aliphatic heterocycles. The fraction of sp³-hybridized carbons (Fsp3) is 0.185. The molecule has 0 radical (unpaired) electrons. The summed E-state index contributed by atoms with van der Waals surface area (Å²) in [6.07, 6.45) is 1.52.